The first-order valence-electron chi connectivity index (χ1n) is 9.62. The van der Waals surface area contributed by atoms with Gasteiger partial charge >= 0.3 is 0 Å². The molecule has 0 aromatic heterocycles. The molecule has 0 fully saturated rings. The van der Waals surface area contributed by atoms with Crippen molar-refractivity contribution in [2.45, 2.75) is 84.0 Å². The minimum Gasteiger partial charge on any atom is -0.295 e. The number of carbonyl (C=O) groups excluding carboxylic acids is 1. The van der Waals surface area contributed by atoms with Crippen LogP contribution < -0.4 is 0 Å². The summed E-state index contributed by atoms with van der Waals surface area (Å²) in [5, 5.41) is 0. The zero-order chi connectivity index (χ0) is 16.3. The summed E-state index contributed by atoms with van der Waals surface area (Å²) in [7, 11) is 0. The predicted molar refractivity (Wildman–Crippen MR) is 99.6 cm³/mol. The maximum Gasteiger partial charge on any atom is 0.155 e. The van der Waals surface area contributed by atoms with Crippen LogP contribution in [0.4, 0.5) is 0 Å². The minimum absolute atomic E-state index is 0.286. The topological polar surface area (TPSA) is 17.1 Å². The van der Waals surface area contributed by atoms with Gasteiger partial charge in [0.2, 0.25) is 0 Å². The molecular formula is C22H32O. The summed E-state index contributed by atoms with van der Waals surface area (Å²) in [5.74, 6) is 0.286. The highest BCUT2D eigenvalue weighted by Crippen LogP contribution is 2.25. The van der Waals surface area contributed by atoms with Crippen molar-refractivity contribution in [2.75, 3.05) is 0 Å². The standard InChI is InChI=1S/C22H32O/c1-2-3-4-5-6-7-8-9-11-19-14-16-20(17-15-19)21-12-10-13-22(23)18-21/h14-18H,2-13H2,1H3. The van der Waals surface area contributed by atoms with Gasteiger partial charge in [-0.25, -0.2) is 0 Å². The van der Waals surface area contributed by atoms with Crippen LogP contribution in [0.15, 0.2) is 30.3 Å². The number of allylic oxidation sites excluding steroid dienone is 2. The van der Waals surface area contributed by atoms with Crippen LogP contribution in [0.25, 0.3) is 5.57 Å². The first-order chi connectivity index (χ1) is 11.3. The number of unbranched alkanes of at least 4 members (excludes halogenated alkanes) is 7. The molecule has 0 bridgehead atoms. The molecule has 1 heteroatoms. The molecule has 126 valence electrons. The largest absolute Gasteiger partial charge is 0.295 e. The zero-order valence-electron chi connectivity index (χ0n) is 14.8. The van der Waals surface area contributed by atoms with Gasteiger partial charge in [-0.05, 0) is 48.5 Å². The van der Waals surface area contributed by atoms with E-state index in [1.807, 2.05) is 6.08 Å². The molecule has 0 amide bonds. The molecule has 1 aromatic carbocycles. The van der Waals surface area contributed by atoms with E-state index in [2.05, 4.69) is 31.2 Å². The van der Waals surface area contributed by atoms with Gasteiger partial charge in [0, 0.05) is 6.42 Å². The molecule has 1 nitrogen and oxygen atoms in total. The quantitative estimate of drug-likeness (QED) is 0.450. The van der Waals surface area contributed by atoms with Gasteiger partial charge in [-0.2, -0.15) is 0 Å². The summed E-state index contributed by atoms with van der Waals surface area (Å²) in [6, 6.07) is 8.89. The molecule has 1 aromatic rings. The molecule has 2 rings (SSSR count). The van der Waals surface area contributed by atoms with E-state index < -0.39 is 0 Å². The van der Waals surface area contributed by atoms with Gasteiger partial charge < -0.3 is 0 Å². The first kappa shape index (κ1) is 18.0. The van der Waals surface area contributed by atoms with E-state index >= 15 is 0 Å². The molecule has 23 heavy (non-hydrogen) atoms. The Morgan fingerprint density at radius 1 is 0.826 bits per heavy atom. The van der Waals surface area contributed by atoms with Crippen LogP contribution in [-0.4, -0.2) is 5.78 Å². The normalized spacial score (nSPS) is 14.8. The number of rotatable bonds is 10. The second-order valence-electron chi connectivity index (χ2n) is 6.91. The van der Waals surface area contributed by atoms with Crippen molar-refractivity contribution in [3.05, 3.63) is 41.5 Å². The third-order valence-corrected chi connectivity index (χ3v) is 4.85. The summed E-state index contributed by atoms with van der Waals surface area (Å²) in [4.78, 5) is 11.5. The molecule has 0 unspecified atom stereocenters. The van der Waals surface area contributed by atoms with Crippen LogP contribution in [0.2, 0.25) is 0 Å². The van der Waals surface area contributed by atoms with E-state index in [1.54, 1.807) is 0 Å². The second-order valence-corrected chi connectivity index (χ2v) is 6.91. The third-order valence-electron chi connectivity index (χ3n) is 4.85. The Morgan fingerprint density at radius 3 is 2.13 bits per heavy atom. The van der Waals surface area contributed by atoms with E-state index in [9.17, 15) is 4.79 Å². The molecular weight excluding hydrogens is 280 g/mol. The van der Waals surface area contributed by atoms with Gasteiger partial charge in [0.1, 0.15) is 0 Å². The fourth-order valence-corrected chi connectivity index (χ4v) is 3.37. The number of hydrogen-bond donors (Lipinski definition) is 0. The summed E-state index contributed by atoms with van der Waals surface area (Å²) >= 11 is 0. The lowest BCUT2D eigenvalue weighted by Gasteiger charge is -2.12. The average Bonchev–Trinajstić information content (AvgIpc) is 2.58. The van der Waals surface area contributed by atoms with Crippen LogP contribution in [0.3, 0.4) is 0 Å². The highest BCUT2D eigenvalue weighted by molar-refractivity contribution is 5.98. The highest BCUT2D eigenvalue weighted by Gasteiger charge is 2.11. The van der Waals surface area contributed by atoms with Crippen molar-refractivity contribution in [3.8, 4) is 0 Å². The molecule has 0 heterocycles. The van der Waals surface area contributed by atoms with Gasteiger partial charge in [0.15, 0.2) is 5.78 Å². The lowest BCUT2D eigenvalue weighted by atomic mass is 9.92. The molecule has 0 N–H and O–H groups in total. The first-order valence-corrected chi connectivity index (χ1v) is 9.62. The molecule has 0 aliphatic heterocycles. The zero-order valence-corrected chi connectivity index (χ0v) is 14.8. The van der Waals surface area contributed by atoms with Crippen molar-refractivity contribution in [1.82, 2.24) is 0 Å². The second kappa shape index (κ2) is 10.4. The van der Waals surface area contributed by atoms with Gasteiger partial charge in [-0.3, -0.25) is 4.79 Å². The van der Waals surface area contributed by atoms with Crippen molar-refractivity contribution in [1.29, 1.82) is 0 Å². The van der Waals surface area contributed by atoms with E-state index in [4.69, 9.17) is 0 Å². The van der Waals surface area contributed by atoms with Gasteiger partial charge in [-0.1, -0.05) is 76.1 Å². The molecule has 1 aliphatic rings. The molecule has 0 atom stereocenters. The lowest BCUT2D eigenvalue weighted by Crippen LogP contribution is -2.02. The van der Waals surface area contributed by atoms with Crippen molar-refractivity contribution in [2.24, 2.45) is 0 Å². The lowest BCUT2D eigenvalue weighted by molar-refractivity contribution is -0.114. The fraction of sp³-hybridized carbons (Fsp3) is 0.591. The highest BCUT2D eigenvalue weighted by atomic mass is 16.1. The maximum atomic E-state index is 11.5. The van der Waals surface area contributed by atoms with E-state index in [-0.39, 0.29) is 5.78 Å². The molecule has 0 saturated carbocycles. The van der Waals surface area contributed by atoms with Crippen molar-refractivity contribution >= 4 is 11.4 Å². The summed E-state index contributed by atoms with van der Waals surface area (Å²) in [6.07, 6.45) is 16.8. The Hall–Kier alpha value is -1.37. The van der Waals surface area contributed by atoms with E-state index in [0.717, 1.165) is 19.3 Å². The average molecular weight is 312 g/mol. The van der Waals surface area contributed by atoms with E-state index in [0.29, 0.717) is 0 Å². The Morgan fingerprint density at radius 2 is 1.48 bits per heavy atom. The van der Waals surface area contributed by atoms with Crippen LogP contribution in [0, 0.1) is 0 Å². The van der Waals surface area contributed by atoms with Gasteiger partial charge in [0.05, 0.1) is 0 Å². The SMILES string of the molecule is CCCCCCCCCCc1ccc(C2=CC(=O)CCC2)cc1. The third kappa shape index (κ3) is 6.72. The van der Waals surface area contributed by atoms with Crippen LogP contribution in [0.5, 0.6) is 0 Å². The number of carbonyl (C=O) groups is 1. The number of benzene rings is 1. The predicted octanol–water partition coefficient (Wildman–Crippen LogP) is 6.51. The Bertz CT molecular complexity index is 495. The number of hydrogen-bond acceptors (Lipinski definition) is 1. The molecule has 0 spiro atoms. The fourth-order valence-electron chi connectivity index (χ4n) is 3.37. The molecule has 0 saturated heterocycles. The maximum absolute atomic E-state index is 11.5. The number of ketones is 1. The van der Waals surface area contributed by atoms with Crippen molar-refractivity contribution < 1.29 is 4.79 Å². The molecule has 1 aliphatic carbocycles. The Labute approximate surface area is 142 Å². The van der Waals surface area contributed by atoms with E-state index in [1.165, 1.54) is 74.5 Å². The Balaban J connectivity index is 1.66. The summed E-state index contributed by atoms with van der Waals surface area (Å²) in [6.45, 7) is 2.27. The van der Waals surface area contributed by atoms with Crippen LogP contribution in [-0.2, 0) is 11.2 Å². The van der Waals surface area contributed by atoms with Crippen molar-refractivity contribution in [3.63, 3.8) is 0 Å². The van der Waals surface area contributed by atoms with Gasteiger partial charge in [0.25, 0.3) is 0 Å². The monoisotopic (exact) mass is 312 g/mol. The number of aryl methyl sites for hydroxylation is 1. The molecule has 0 radical (unpaired) electrons. The summed E-state index contributed by atoms with van der Waals surface area (Å²) in [5.41, 5.74) is 3.89. The Kier molecular flexibility index (Phi) is 8.14. The minimum atomic E-state index is 0.286. The van der Waals surface area contributed by atoms with Crippen LogP contribution in [0.1, 0.15) is 88.7 Å². The van der Waals surface area contributed by atoms with Gasteiger partial charge in [-0.15, -0.1) is 0 Å². The smallest absolute Gasteiger partial charge is 0.155 e. The summed E-state index contributed by atoms with van der Waals surface area (Å²) < 4.78 is 0. The van der Waals surface area contributed by atoms with Crippen LogP contribution >= 0.6 is 0 Å².